The summed E-state index contributed by atoms with van der Waals surface area (Å²) in [4.78, 5) is 29.8. The fourth-order valence-electron chi connectivity index (χ4n) is 2.62. The predicted molar refractivity (Wildman–Crippen MR) is 87.7 cm³/mol. The van der Waals surface area contributed by atoms with E-state index < -0.39 is 0 Å². The second-order valence-electron chi connectivity index (χ2n) is 5.96. The number of rotatable bonds is 9. The molecule has 0 bridgehead atoms. The summed E-state index contributed by atoms with van der Waals surface area (Å²) in [6, 6.07) is 2.14. The molecule has 0 atom stereocenters. The van der Waals surface area contributed by atoms with Gasteiger partial charge in [0.2, 0.25) is 0 Å². The van der Waals surface area contributed by atoms with E-state index >= 15 is 0 Å². The molecule has 1 aliphatic rings. The Morgan fingerprint density at radius 2 is 1.74 bits per heavy atom. The van der Waals surface area contributed by atoms with Crippen LogP contribution < -0.4 is 0 Å². The van der Waals surface area contributed by atoms with E-state index in [4.69, 9.17) is 4.84 Å². The smallest absolute Gasteiger partial charge is 0.333 e. The molecule has 5 heteroatoms. The van der Waals surface area contributed by atoms with Crippen molar-refractivity contribution in [1.29, 1.82) is 5.26 Å². The highest BCUT2D eigenvalue weighted by Gasteiger charge is 2.28. The average molecular weight is 320 g/mol. The van der Waals surface area contributed by atoms with Crippen LogP contribution in [0.25, 0.3) is 0 Å². The molecule has 1 amide bonds. The normalized spacial score (nSPS) is 13.8. The van der Waals surface area contributed by atoms with Crippen molar-refractivity contribution in [2.45, 2.75) is 84.5 Å². The standard InChI is InChI=1S/C18H28N2O3/c1-3-5-7-12-17(21)20(16-11-9-10-15(16)14-19)23-18(22)13-8-6-4-2/h3-13H2,1-2H3. The summed E-state index contributed by atoms with van der Waals surface area (Å²) >= 11 is 0. The molecule has 0 aromatic carbocycles. The van der Waals surface area contributed by atoms with Crippen molar-refractivity contribution in [3.8, 4) is 6.07 Å². The first-order chi connectivity index (χ1) is 11.1. The molecule has 0 aromatic heterocycles. The van der Waals surface area contributed by atoms with E-state index in [0.29, 0.717) is 37.0 Å². The maximum absolute atomic E-state index is 12.4. The fourth-order valence-corrected chi connectivity index (χ4v) is 2.62. The first kappa shape index (κ1) is 19.2. The van der Waals surface area contributed by atoms with Crippen molar-refractivity contribution < 1.29 is 14.4 Å². The number of hydroxylamine groups is 2. The molecule has 0 spiro atoms. The van der Waals surface area contributed by atoms with Crippen molar-refractivity contribution in [3.05, 3.63) is 11.3 Å². The molecule has 1 rings (SSSR count). The highest BCUT2D eigenvalue weighted by Crippen LogP contribution is 2.29. The van der Waals surface area contributed by atoms with Gasteiger partial charge in [-0.3, -0.25) is 4.79 Å². The molecule has 0 saturated heterocycles. The number of nitrogens with zero attached hydrogens (tertiary/aromatic N) is 2. The predicted octanol–water partition coefficient (Wildman–Crippen LogP) is 4.40. The highest BCUT2D eigenvalue weighted by molar-refractivity contribution is 5.80. The zero-order valence-corrected chi connectivity index (χ0v) is 14.4. The third-order valence-electron chi connectivity index (χ3n) is 3.97. The lowest BCUT2D eigenvalue weighted by atomic mass is 10.2. The molecular formula is C18H28N2O3. The molecule has 0 aromatic rings. The molecule has 128 valence electrons. The van der Waals surface area contributed by atoms with Crippen LogP contribution in [0, 0.1) is 11.3 Å². The van der Waals surface area contributed by atoms with Crippen LogP contribution in [-0.4, -0.2) is 16.9 Å². The van der Waals surface area contributed by atoms with Crippen LogP contribution in [0.15, 0.2) is 11.3 Å². The quantitative estimate of drug-likeness (QED) is 0.466. The third kappa shape index (κ3) is 6.43. The first-order valence-corrected chi connectivity index (χ1v) is 8.79. The third-order valence-corrected chi connectivity index (χ3v) is 3.97. The number of hydrogen-bond donors (Lipinski definition) is 0. The summed E-state index contributed by atoms with van der Waals surface area (Å²) in [6.07, 6.45) is 8.26. The maximum atomic E-state index is 12.4. The largest absolute Gasteiger partial charge is 0.333 e. The second kappa shape index (κ2) is 10.8. The molecule has 23 heavy (non-hydrogen) atoms. The Balaban J connectivity index is 2.74. The lowest BCUT2D eigenvalue weighted by Gasteiger charge is -2.22. The zero-order valence-electron chi connectivity index (χ0n) is 14.4. The number of amides is 1. The van der Waals surface area contributed by atoms with E-state index in [1.165, 1.54) is 0 Å². The molecule has 0 fully saturated rings. The van der Waals surface area contributed by atoms with Crippen molar-refractivity contribution in [3.63, 3.8) is 0 Å². The van der Waals surface area contributed by atoms with E-state index in [-0.39, 0.29) is 11.9 Å². The molecule has 0 aliphatic heterocycles. The molecule has 1 aliphatic carbocycles. The Bertz CT molecular complexity index is 477. The first-order valence-electron chi connectivity index (χ1n) is 8.79. The fraction of sp³-hybridized carbons (Fsp3) is 0.722. The van der Waals surface area contributed by atoms with Gasteiger partial charge >= 0.3 is 5.97 Å². The van der Waals surface area contributed by atoms with Crippen molar-refractivity contribution >= 4 is 11.9 Å². The van der Waals surface area contributed by atoms with Crippen LogP contribution in [0.1, 0.15) is 84.5 Å². The number of unbranched alkanes of at least 4 members (excludes halogenated alkanes) is 4. The maximum Gasteiger partial charge on any atom is 0.333 e. The minimum atomic E-state index is -0.390. The van der Waals surface area contributed by atoms with Crippen molar-refractivity contribution in [2.75, 3.05) is 0 Å². The van der Waals surface area contributed by atoms with E-state index in [1.807, 2.05) is 0 Å². The molecule has 0 N–H and O–H groups in total. The van der Waals surface area contributed by atoms with Gasteiger partial charge in [0.1, 0.15) is 0 Å². The number of allylic oxidation sites excluding steroid dienone is 2. The minimum Gasteiger partial charge on any atom is -0.333 e. The lowest BCUT2D eigenvalue weighted by Crippen LogP contribution is -2.33. The second-order valence-corrected chi connectivity index (χ2v) is 5.96. The van der Waals surface area contributed by atoms with Gasteiger partial charge in [0.15, 0.2) is 0 Å². The minimum absolute atomic E-state index is 0.216. The van der Waals surface area contributed by atoms with Crippen molar-refractivity contribution in [1.82, 2.24) is 5.06 Å². The van der Waals surface area contributed by atoms with Gasteiger partial charge in [-0.05, 0) is 32.1 Å². The Kier molecular flexibility index (Phi) is 9.04. The Hall–Kier alpha value is -1.83. The molecule has 0 heterocycles. The summed E-state index contributed by atoms with van der Waals surface area (Å²) in [5.74, 6) is -0.606. The number of nitriles is 1. The number of carbonyl (C=O) groups is 2. The van der Waals surface area contributed by atoms with Crippen LogP contribution in [0.3, 0.4) is 0 Å². The van der Waals surface area contributed by atoms with Crippen LogP contribution in [0.4, 0.5) is 0 Å². The average Bonchev–Trinajstić information content (AvgIpc) is 3.01. The zero-order chi connectivity index (χ0) is 17.1. The summed E-state index contributed by atoms with van der Waals surface area (Å²) in [5.41, 5.74) is 1.15. The number of hydrogen-bond acceptors (Lipinski definition) is 4. The van der Waals surface area contributed by atoms with Gasteiger partial charge in [-0.25, -0.2) is 4.79 Å². The molecular weight excluding hydrogens is 292 g/mol. The monoisotopic (exact) mass is 320 g/mol. The molecule has 0 radical (unpaired) electrons. The number of carbonyl (C=O) groups excluding carboxylic acids is 2. The van der Waals surface area contributed by atoms with Crippen LogP contribution in [0.5, 0.6) is 0 Å². The molecule has 5 nitrogen and oxygen atoms in total. The van der Waals surface area contributed by atoms with Gasteiger partial charge in [-0.15, -0.1) is 5.06 Å². The summed E-state index contributed by atoms with van der Waals surface area (Å²) in [7, 11) is 0. The molecule has 0 saturated carbocycles. The van der Waals surface area contributed by atoms with Crippen LogP contribution in [0.2, 0.25) is 0 Å². The molecule has 0 unspecified atom stereocenters. The Labute approximate surface area is 139 Å². The van der Waals surface area contributed by atoms with Gasteiger partial charge in [-0.2, -0.15) is 5.26 Å². The van der Waals surface area contributed by atoms with E-state index in [1.54, 1.807) is 0 Å². The van der Waals surface area contributed by atoms with Gasteiger partial charge in [-0.1, -0.05) is 39.5 Å². The van der Waals surface area contributed by atoms with Gasteiger partial charge < -0.3 is 4.84 Å². The van der Waals surface area contributed by atoms with E-state index in [9.17, 15) is 14.9 Å². The van der Waals surface area contributed by atoms with E-state index in [2.05, 4.69) is 19.9 Å². The summed E-state index contributed by atoms with van der Waals surface area (Å²) in [5, 5.41) is 10.3. The topological polar surface area (TPSA) is 70.4 Å². The Morgan fingerprint density at radius 3 is 2.35 bits per heavy atom. The van der Waals surface area contributed by atoms with Gasteiger partial charge in [0, 0.05) is 12.8 Å². The van der Waals surface area contributed by atoms with Crippen LogP contribution >= 0.6 is 0 Å². The SMILES string of the molecule is CCCCCC(=O)ON(C(=O)CCCCC)C1=C(C#N)CCC1. The summed E-state index contributed by atoms with van der Waals surface area (Å²) < 4.78 is 0. The van der Waals surface area contributed by atoms with Gasteiger partial charge in [0.25, 0.3) is 5.91 Å². The Morgan fingerprint density at radius 1 is 1.09 bits per heavy atom. The highest BCUT2D eigenvalue weighted by atomic mass is 16.7. The van der Waals surface area contributed by atoms with E-state index in [0.717, 1.165) is 50.0 Å². The van der Waals surface area contributed by atoms with Gasteiger partial charge in [0.05, 0.1) is 17.3 Å². The summed E-state index contributed by atoms with van der Waals surface area (Å²) in [6.45, 7) is 4.14. The van der Waals surface area contributed by atoms with Crippen LogP contribution in [-0.2, 0) is 14.4 Å². The lowest BCUT2D eigenvalue weighted by molar-refractivity contribution is -0.191. The van der Waals surface area contributed by atoms with Crippen molar-refractivity contribution in [2.24, 2.45) is 0 Å².